The first-order valence-electron chi connectivity index (χ1n) is 5.27. The van der Waals surface area contributed by atoms with Gasteiger partial charge in [0.25, 0.3) is 0 Å². The van der Waals surface area contributed by atoms with Crippen molar-refractivity contribution in [2.45, 2.75) is 18.9 Å². The number of ketones is 1. The average Bonchev–Trinajstić information content (AvgIpc) is 2.26. The van der Waals surface area contributed by atoms with Crippen LogP contribution in [0.3, 0.4) is 0 Å². The molecule has 0 fully saturated rings. The Kier molecular flexibility index (Phi) is 5.74. The van der Waals surface area contributed by atoms with Crippen molar-refractivity contribution in [3.63, 3.8) is 0 Å². The third-order valence-corrected chi connectivity index (χ3v) is 2.87. The summed E-state index contributed by atoms with van der Waals surface area (Å²) >= 11 is 3.14. The summed E-state index contributed by atoms with van der Waals surface area (Å²) in [6.07, 6.45) is 0.711. The van der Waals surface area contributed by atoms with Gasteiger partial charge in [-0.3, -0.25) is 4.79 Å². The maximum Gasteiger partial charge on any atom is 0.167 e. The smallest absolute Gasteiger partial charge is 0.167 e. The number of benzene rings is 1. The van der Waals surface area contributed by atoms with Crippen molar-refractivity contribution in [1.82, 2.24) is 0 Å². The van der Waals surface area contributed by atoms with Crippen LogP contribution in [0, 0.1) is 5.82 Å². The van der Waals surface area contributed by atoms with Crippen molar-refractivity contribution in [2.75, 3.05) is 13.7 Å². The van der Waals surface area contributed by atoms with Crippen LogP contribution in [0.4, 0.5) is 4.39 Å². The van der Waals surface area contributed by atoms with E-state index in [1.54, 1.807) is 13.2 Å². The van der Waals surface area contributed by atoms with Gasteiger partial charge in [0.2, 0.25) is 0 Å². The minimum absolute atomic E-state index is 0.0843. The normalized spacial score (nSPS) is 12.5. The van der Waals surface area contributed by atoms with E-state index >= 15 is 0 Å². The Balaban J connectivity index is 2.63. The minimum atomic E-state index is -0.525. The van der Waals surface area contributed by atoms with Gasteiger partial charge in [0.15, 0.2) is 5.78 Å². The van der Waals surface area contributed by atoms with Gasteiger partial charge in [-0.05, 0) is 24.6 Å². The number of Topliss-reactive ketones (excluding diaryl/α,β-unsaturated/α-hetero) is 1. The molecule has 1 rings (SSSR count). The van der Waals surface area contributed by atoms with Gasteiger partial charge in [-0.1, -0.05) is 15.9 Å². The van der Waals surface area contributed by atoms with Gasteiger partial charge in [0.05, 0.1) is 5.56 Å². The van der Waals surface area contributed by atoms with Gasteiger partial charge in [-0.25, -0.2) is 4.39 Å². The predicted molar refractivity (Wildman–Crippen MR) is 67.5 cm³/mol. The predicted octanol–water partition coefficient (Wildman–Crippen LogP) is 2.52. The van der Waals surface area contributed by atoms with Crippen molar-refractivity contribution < 1.29 is 13.9 Å². The second kappa shape index (κ2) is 6.83. The molecule has 0 spiro atoms. The number of methoxy groups -OCH3 is 1. The van der Waals surface area contributed by atoms with Gasteiger partial charge < -0.3 is 10.5 Å². The van der Waals surface area contributed by atoms with Crippen LogP contribution < -0.4 is 5.73 Å². The molecule has 1 aromatic rings. The fourth-order valence-corrected chi connectivity index (χ4v) is 1.77. The van der Waals surface area contributed by atoms with Gasteiger partial charge in [-0.2, -0.15) is 0 Å². The van der Waals surface area contributed by atoms with E-state index in [4.69, 9.17) is 10.5 Å². The molecule has 0 aliphatic carbocycles. The second-order valence-electron chi connectivity index (χ2n) is 3.79. The first-order chi connectivity index (χ1) is 8.04. The third kappa shape index (κ3) is 4.53. The summed E-state index contributed by atoms with van der Waals surface area (Å²) in [6, 6.07) is 4.07. The summed E-state index contributed by atoms with van der Waals surface area (Å²) < 4.78 is 19.0. The summed E-state index contributed by atoms with van der Waals surface area (Å²) in [5, 5.41) is 0. The summed E-state index contributed by atoms with van der Waals surface area (Å²) in [7, 11) is 1.57. The van der Waals surface area contributed by atoms with Gasteiger partial charge >= 0.3 is 0 Å². The van der Waals surface area contributed by atoms with Crippen molar-refractivity contribution in [3.05, 3.63) is 34.1 Å². The zero-order chi connectivity index (χ0) is 12.8. The Hall–Kier alpha value is -0.780. The van der Waals surface area contributed by atoms with Crippen LogP contribution in [0.25, 0.3) is 0 Å². The van der Waals surface area contributed by atoms with E-state index in [1.165, 1.54) is 12.1 Å². The molecule has 0 aliphatic rings. The van der Waals surface area contributed by atoms with E-state index in [9.17, 15) is 9.18 Å². The molecule has 1 aromatic carbocycles. The third-order valence-electron chi connectivity index (χ3n) is 2.37. The SMILES string of the molecule is COCCC(N)CC(=O)c1ccc(Br)cc1F. The standard InChI is InChI=1S/C12H15BrFNO2/c1-17-5-4-9(15)7-12(16)10-3-2-8(13)6-11(10)14/h2-3,6,9H,4-5,7,15H2,1H3. The van der Waals surface area contributed by atoms with E-state index in [0.29, 0.717) is 17.5 Å². The Labute approximate surface area is 108 Å². The number of carbonyl (C=O) groups excluding carboxylic acids is 1. The zero-order valence-corrected chi connectivity index (χ0v) is 11.2. The highest BCUT2D eigenvalue weighted by Crippen LogP contribution is 2.17. The van der Waals surface area contributed by atoms with E-state index in [2.05, 4.69) is 15.9 Å². The Bertz CT molecular complexity index is 398. The Morgan fingerprint density at radius 1 is 1.59 bits per heavy atom. The number of carbonyl (C=O) groups is 1. The molecule has 1 atom stereocenters. The monoisotopic (exact) mass is 303 g/mol. The first kappa shape index (κ1) is 14.3. The first-order valence-corrected chi connectivity index (χ1v) is 6.06. The summed E-state index contributed by atoms with van der Waals surface area (Å²) in [5.41, 5.74) is 5.83. The lowest BCUT2D eigenvalue weighted by atomic mass is 10.0. The van der Waals surface area contributed by atoms with Crippen molar-refractivity contribution >= 4 is 21.7 Å². The number of rotatable bonds is 6. The van der Waals surface area contributed by atoms with Crippen LogP contribution in [0.5, 0.6) is 0 Å². The number of halogens is 2. The highest BCUT2D eigenvalue weighted by molar-refractivity contribution is 9.10. The summed E-state index contributed by atoms with van der Waals surface area (Å²) in [5.74, 6) is -0.804. The van der Waals surface area contributed by atoms with E-state index in [1.807, 2.05) is 0 Å². The van der Waals surface area contributed by atoms with Crippen LogP contribution in [-0.4, -0.2) is 25.5 Å². The molecular formula is C12H15BrFNO2. The molecule has 0 saturated heterocycles. The fraction of sp³-hybridized carbons (Fsp3) is 0.417. The number of ether oxygens (including phenoxy) is 1. The van der Waals surface area contributed by atoms with Crippen molar-refractivity contribution in [2.24, 2.45) is 5.73 Å². The molecule has 5 heteroatoms. The molecule has 0 radical (unpaired) electrons. The summed E-state index contributed by atoms with van der Waals surface area (Å²) in [6.45, 7) is 0.497. The number of hydrogen-bond donors (Lipinski definition) is 1. The maximum atomic E-state index is 13.5. The molecule has 94 valence electrons. The second-order valence-corrected chi connectivity index (χ2v) is 4.71. The summed E-state index contributed by atoms with van der Waals surface area (Å²) in [4.78, 5) is 11.8. The molecule has 0 aliphatic heterocycles. The molecule has 17 heavy (non-hydrogen) atoms. The molecule has 3 nitrogen and oxygen atoms in total. The zero-order valence-electron chi connectivity index (χ0n) is 9.58. The van der Waals surface area contributed by atoms with Gasteiger partial charge in [-0.15, -0.1) is 0 Å². The lowest BCUT2D eigenvalue weighted by Gasteiger charge is -2.10. The molecule has 2 N–H and O–H groups in total. The van der Waals surface area contributed by atoms with Crippen molar-refractivity contribution in [1.29, 1.82) is 0 Å². The highest BCUT2D eigenvalue weighted by atomic mass is 79.9. The Morgan fingerprint density at radius 3 is 2.88 bits per heavy atom. The largest absolute Gasteiger partial charge is 0.385 e. The number of nitrogens with two attached hydrogens (primary N) is 1. The van der Waals surface area contributed by atoms with E-state index < -0.39 is 5.82 Å². The van der Waals surface area contributed by atoms with Crippen LogP contribution >= 0.6 is 15.9 Å². The molecular weight excluding hydrogens is 289 g/mol. The lowest BCUT2D eigenvalue weighted by molar-refractivity contribution is 0.0963. The van der Waals surface area contributed by atoms with E-state index in [0.717, 1.165) is 0 Å². The molecule has 0 heterocycles. The lowest BCUT2D eigenvalue weighted by Crippen LogP contribution is -2.25. The topological polar surface area (TPSA) is 52.3 Å². The van der Waals surface area contributed by atoms with Crippen LogP contribution in [-0.2, 0) is 4.74 Å². The van der Waals surface area contributed by atoms with Gasteiger partial charge in [0, 0.05) is 30.7 Å². The van der Waals surface area contributed by atoms with Crippen LogP contribution in [0.15, 0.2) is 22.7 Å². The van der Waals surface area contributed by atoms with E-state index in [-0.39, 0.29) is 23.8 Å². The Morgan fingerprint density at radius 2 is 2.29 bits per heavy atom. The maximum absolute atomic E-state index is 13.5. The molecule has 1 unspecified atom stereocenters. The van der Waals surface area contributed by atoms with Gasteiger partial charge in [0.1, 0.15) is 5.82 Å². The van der Waals surface area contributed by atoms with Crippen molar-refractivity contribution in [3.8, 4) is 0 Å². The highest BCUT2D eigenvalue weighted by Gasteiger charge is 2.15. The van der Waals surface area contributed by atoms with Crippen LogP contribution in [0.2, 0.25) is 0 Å². The fourth-order valence-electron chi connectivity index (χ4n) is 1.43. The average molecular weight is 304 g/mol. The quantitative estimate of drug-likeness (QED) is 0.822. The number of hydrogen-bond acceptors (Lipinski definition) is 3. The van der Waals surface area contributed by atoms with Crippen LogP contribution in [0.1, 0.15) is 23.2 Å². The minimum Gasteiger partial charge on any atom is -0.385 e. The molecule has 0 amide bonds. The molecule has 0 saturated carbocycles. The molecule has 0 bridgehead atoms. The molecule has 0 aromatic heterocycles.